The van der Waals surface area contributed by atoms with Crippen molar-refractivity contribution < 1.29 is 18.0 Å². The monoisotopic (exact) mass is 424 g/mol. The first-order valence-electron chi connectivity index (χ1n) is 9.66. The Bertz CT molecular complexity index is 1250. The molecule has 0 aliphatic carbocycles. The molecule has 8 heteroatoms. The molecule has 0 aliphatic heterocycles. The first-order chi connectivity index (χ1) is 14.8. The normalized spacial score (nSPS) is 11.5. The van der Waals surface area contributed by atoms with Crippen LogP contribution in [0.5, 0.6) is 0 Å². The van der Waals surface area contributed by atoms with Crippen molar-refractivity contribution in [3.05, 3.63) is 72.3 Å². The molecular formula is C23H19F3N4O. The average Bonchev–Trinajstić information content (AvgIpc) is 3.17. The number of halogens is 3. The lowest BCUT2D eigenvalue weighted by atomic mass is 10.0. The van der Waals surface area contributed by atoms with Gasteiger partial charge in [-0.25, -0.2) is 9.78 Å². The van der Waals surface area contributed by atoms with E-state index in [0.717, 1.165) is 28.8 Å². The summed E-state index contributed by atoms with van der Waals surface area (Å²) >= 11 is 0. The van der Waals surface area contributed by atoms with Gasteiger partial charge < -0.3 is 15.6 Å². The van der Waals surface area contributed by atoms with E-state index in [2.05, 4.69) is 20.6 Å². The number of aromatic nitrogens is 2. The van der Waals surface area contributed by atoms with Crippen LogP contribution in [0.25, 0.3) is 33.5 Å². The lowest BCUT2D eigenvalue weighted by molar-refractivity contribution is -0.137. The maximum Gasteiger partial charge on any atom is 0.416 e. The van der Waals surface area contributed by atoms with E-state index >= 15 is 0 Å². The Labute approximate surface area is 176 Å². The molecule has 0 atom stereocenters. The number of fused-ring (bicyclic) bond motifs is 1. The van der Waals surface area contributed by atoms with Crippen LogP contribution >= 0.6 is 0 Å². The molecule has 3 aromatic carbocycles. The van der Waals surface area contributed by atoms with Crippen molar-refractivity contribution in [2.45, 2.75) is 13.1 Å². The minimum atomic E-state index is -4.41. The number of amides is 2. The molecule has 0 saturated heterocycles. The van der Waals surface area contributed by atoms with Gasteiger partial charge in [0.15, 0.2) is 0 Å². The topological polar surface area (TPSA) is 69.8 Å². The Balaban J connectivity index is 1.65. The van der Waals surface area contributed by atoms with Crippen LogP contribution in [0.4, 0.5) is 23.7 Å². The zero-order valence-corrected chi connectivity index (χ0v) is 16.5. The number of hydrogen-bond acceptors (Lipinski definition) is 2. The summed E-state index contributed by atoms with van der Waals surface area (Å²) in [5.74, 6) is 0.479. The lowest BCUT2D eigenvalue weighted by Gasteiger charge is -2.09. The van der Waals surface area contributed by atoms with Crippen LogP contribution in [0, 0.1) is 0 Å². The highest BCUT2D eigenvalue weighted by molar-refractivity contribution is 5.90. The number of H-pyrrole nitrogens is 1. The summed E-state index contributed by atoms with van der Waals surface area (Å²) < 4.78 is 38.9. The van der Waals surface area contributed by atoms with Gasteiger partial charge in [0.2, 0.25) is 0 Å². The maximum atomic E-state index is 13.0. The van der Waals surface area contributed by atoms with Gasteiger partial charge in [-0.2, -0.15) is 13.2 Å². The predicted octanol–water partition coefficient (Wildman–Crippen LogP) is 6.06. The molecule has 31 heavy (non-hydrogen) atoms. The number of rotatable bonds is 4. The van der Waals surface area contributed by atoms with Crippen LogP contribution in [-0.4, -0.2) is 22.5 Å². The van der Waals surface area contributed by atoms with Gasteiger partial charge in [-0.3, -0.25) is 0 Å². The molecule has 3 N–H and O–H groups in total. The molecule has 4 aromatic rings. The van der Waals surface area contributed by atoms with Gasteiger partial charge in [-0.15, -0.1) is 0 Å². The molecule has 0 fully saturated rings. The van der Waals surface area contributed by atoms with Crippen LogP contribution in [0.2, 0.25) is 0 Å². The zero-order chi connectivity index (χ0) is 22.0. The third kappa shape index (κ3) is 4.53. The second kappa shape index (κ2) is 8.14. The Hall–Kier alpha value is -3.81. The average molecular weight is 424 g/mol. The minimum absolute atomic E-state index is 0.283. The summed E-state index contributed by atoms with van der Waals surface area (Å²) in [7, 11) is 0. The van der Waals surface area contributed by atoms with Crippen molar-refractivity contribution in [1.82, 2.24) is 15.3 Å². The smallest absolute Gasteiger partial charge is 0.338 e. The second-order valence-corrected chi connectivity index (χ2v) is 6.96. The number of imidazole rings is 1. The molecule has 0 bridgehead atoms. The Morgan fingerprint density at radius 3 is 2.42 bits per heavy atom. The van der Waals surface area contributed by atoms with Crippen molar-refractivity contribution in [3.63, 3.8) is 0 Å². The van der Waals surface area contributed by atoms with Gasteiger partial charge >= 0.3 is 12.2 Å². The number of urea groups is 1. The molecule has 0 aliphatic rings. The van der Waals surface area contributed by atoms with Gasteiger partial charge in [0.1, 0.15) is 5.82 Å². The minimum Gasteiger partial charge on any atom is -0.338 e. The molecule has 158 valence electrons. The predicted molar refractivity (Wildman–Crippen MR) is 115 cm³/mol. The summed E-state index contributed by atoms with van der Waals surface area (Å²) in [5.41, 5.74) is 3.21. The fourth-order valence-electron chi connectivity index (χ4n) is 3.28. The fourth-order valence-corrected chi connectivity index (χ4v) is 3.28. The summed E-state index contributed by atoms with van der Waals surface area (Å²) in [6.45, 7) is 2.36. The number of alkyl halides is 3. The van der Waals surface area contributed by atoms with E-state index in [1.54, 1.807) is 6.07 Å². The van der Waals surface area contributed by atoms with E-state index < -0.39 is 11.7 Å². The fraction of sp³-hybridized carbons (Fsp3) is 0.130. The molecule has 0 spiro atoms. The molecular weight excluding hydrogens is 405 g/mol. The Morgan fingerprint density at radius 1 is 0.968 bits per heavy atom. The van der Waals surface area contributed by atoms with Crippen molar-refractivity contribution in [2.75, 3.05) is 11.9 Å². The van der Waals surface area contributed by atoms with Crippen LogP contribution in [-0.2, 0) is 6.18 Å². The summed E-state index contributed by atoms with van der Waals surface area (Å²) in [6, 6.07) is 18.1. The largest absolute Gasteiger partial charge is 0.416 e. The standard InChI is InChI=1S/C23H19F3N4O/c1-2-27-22(31)28-18-8-4-6-15(12-18)14-5-3-7-16(11-14)21-29-19-10-9-17(23(24,25)26)13-20(19)30-21/h3-13H,2H2,1H3,(H,29,30)(H2,27,28,31). The SMILES string of the molecule is CCNC(=O)Nc1cccc(-c2cccc(-c3nc4ccc(C(F)(F)F)cc4[nH]3)c2)c1. The quantitative estimate of drug-likeness (QED) is 0.373. The van der Waals surface area contributed by atoms with Crippen molar-refractivity contribution in [3.8, 4) is 22.5 Å². The first kappa shape index (κ1) is 20.5. The van der Waals surface area contributed by atoms with Gasteiger partial charge in [-0.05, 0) is 54.4 Å². The summed E-state index contributed by atoms with van der Waals surface area (Å²) in [5, 5.41) is 5.45. The van der Waals surface area contributed by atoms with E-state index in [9.17, 15) is 18.0 Å². The van der Waals surface area contributed by atoms with E-state index in [4.69, 9.17) is 0 Å². The Morgan fingerprint density at radius 2 is 1.68 bits per heavy atom. The molecule has 5 nitrogen and oxygen atoms in total. The highest BCUT2D eigenvalue weighted by atomic mass is 19.4. The van der Waals surface area contributed by atoms with Gasteiger partial charge in [-0.1, -0.05) is 30.3 Å². The van der Waals surface area contributed by atoms with Gasteiger partial charge in [0.05, 0.1) is 16.6 Å². The number of aromatic amines is 1. The number of carbonyl (C=O) groups excluding carboxylic acids is 1. The Kier molecular flexibility index (Phi) is 5.37. The number of nitrogens with one attached hydrogen (secondary N) is 3. The number of hydrogen-bond donors (Lipinski definition) is 3. The highest BCUT2D eigenvalue weighted by Crippen LogP contribution is 2.32. The van der Waals surface area contributed by atoms with Gasteiger partial charge in [0.25, 0.3) is 0 Å². The van der Waals surface area contributed by atoms with Crippen LogP contribution < -0.4 is 10.6 Å². The first-order valence-corrected chi connectivity index (χ1v) is 9.66. The van der Waals surface area contributed by atoms with Crippen LogP contribution in [0.15, 0.2) is 66.7 Å². The number of benzene rings is 3. The highest BCUT2D eigenvalue weighted by Gasteiger charge is 2.30. The number of anilines is 1. The third-order valence-corrected chi connectivity index (χ3v) is 4.74. The van der Waals surface area contributed by atoms with E-state index in [-0.39, 0.29) is 6.03 Å². The molecule has 2 amide bonds. The maximum absolute atomic E-state index is 13.0. The zero-order valence-electron chi connectivity index (χ0n) is 16.5. The molecule has 4 rings (SSSR count). The molecule has 1 heterocycles. The van der Waals surface area contributed by atoms with E-state index in [1.165, 1.54) is 6.07 Å². The van der Waals surface area contributed by atoms with Gasteiger partial charge in [0, 0.05) is 17.8 Å². The second-order valence-electron chi connectivity index (χ2n) is 6.96. The molecule has 0 unspecified atom stereocenters. The van der Waals surface area contributed by atoms with Crippen molar-refractivity contribution >= 4 is 22.8 Å². The molecule has 1 aromatic heterocycles. The molecule has 0 radical (unpaired) electrons. The number of carbonyl (C=O) groups is 1. The third-order valence-electron chi connectivity index (χ3n) is 4.74. The van der Waals surface area contributed by atoms with E-state index in [1.807, 2.05) is 49.4 Å². The lowest BCUT2D eigenvalue weighted by Crippen LogP contribution is -2.28. The van der Waals surface area contributed by atoms with Crippen LogP contribution in [0.3, 0.4) is 0 Å². The summed E-state index contributed by atoms with van der Waals surface area (Å²) in [6.07, 6.45) is -4.41. The molecule has 0 saturated carbocycles. The number of nitrogens with zero attached hydrogens (tertiary/aromatic N) is 1. The van der Waals surface area contributed by atoms with Crippen molar-refractivity contribution in [1.29, 1.82) is 0 Å². The van der Waals surface area contributed by atoms with Crippen LogP contribution in [0.1, 0.15) is 12.5 Å². The summed E-state index contributed by atoms with van der Waals surface area (Å²) in [4.78, 5) is 19.2. The van der Waals surface area contributed by atoms with Crippen molar-refractivity contribution in [2.24, 2.45) is 0 Å². The van der Waals surface area contributed by atoms with E-state index in [0.29, 0.717) is 29.1 Å².